The summed E-state index contributed by atoms with van der Waals surface area (Å²) in [5.74, 6) is 0.177. The maximum Gasteiger partial charge on any atom is 0.279 e. The molecule has 0 atom stereocenters. The van der Waals surface area contributed by atoms with Crippen molar-refractivity contribution in [3.63, 3.8) is 0 Å². The molecule has 0 aliphatic carbocycles. The molecule has 1 heterocycles. The summed E-state index contributed by atoms with van der Waals surface area (Å²) in [6.07, 6.45) is 0. The van der Waals surface area contributed by atoms with Crippen molar-refractivity contribution >= 4 is 17.5 Å². The number of nitrogens with one attached hydrogen (secondary N) is 2. The van der Waals surface area contributed by atoms with Gasteiger partial charge in [-0.25, -0.2) is 4.39 Å². The number of carbonyl (C=O) groups is 2. The number of aryl methyl sites for hydroxylation is 1. The Kier molecular flexibility index (Phi) is 6.60. The molecule has 28 heavy (non-hydrogen) atoms. The van der Waals surface area contributed by atoms with Gasteiger partial charge in [-0.1, -0.05) is 17.7 Å². The van der Waals surface area contributed by atoms with Crippen LogP contribution < -0.4 is 15.0 Å². The van der Waals surface area contributed by atoms with Crippen molar-refractivity contribution < 1.29 is 23.6 Å². The number of ether oxygens (including phenoxy) is 1. The Morgan fingerprint density at radius 2 is 1.71 bits per heavy atom. The summed E-state index contributed by atoms with van der Waals surface area (Å²) in [5, 5.41) is 2.77. The van der Waals surface area contributed by atoms with E-state index in [1.54, 1.807) is 4.90 Å². The number of carbonyl (C=O) groups excluding carboxylic acids is 2. The summed E-state index contributed by atoms with van der Waals surface area (Å²) >= 11 is 0. The van der Waals surface area contributed by atoms with E-state index >= 15 is 0 Å². The van der Waals surface area contributed by atoms with Crippen molar-refractivity contribution in [3.8, 4) is 5.75 Å². The lowest BCUT2D eigenvalue weighted by atomic mass is 10.2. The maximum absolute atomic E-state index is 12.9. The van der Waals surface area contributed by atoms with Crippen LogP contribution in [0.2, 0.25) is 0 Å². The van der Waals surface area contributed by atoms with Crippen LogP contribution in [0.15, 0.2) is 48.5 Å². The standard InChI is InChI=1S/C21H24FN3O3/c1-16-2-8-19(9-3-16)28-15-21(27)25-12-10-24(11-13-25)14-20(26)23-18-6-4-17(22)5-7-18/h2-9H,10-15H2,1H3,(H,23,26)/p+1. The first-order valence-electron chi connectivity index (χ1n) is 9.36. The normalized spacial score (nSPS) is 14.6. The minimum atomic E-state index is -0.337. The van der Waals surface area contributed by atoms with E-state index in [0.29, 0.717) is 44.2 Å². The SMILES string of the molecule is Cc1ccc(OCC(=O)N2CC[NH+](CC(=O)Nc3ccc(F)cc3)CC2)cc1. The largest absolute Gasteiger partial charge is 0.484 e. The first-order valence-corrected chi connectivity index (χ1v) is 9.36. The number of anilines is 1. The lowest BCUT2D eigenvalue weighted by Gasteiger charge is -2.31. The number of piperazine rings is 1. The van der Waals surface area contributed by atoms with Crippen LogP contribution in [0.4, 0.5) is 10.1 Å². The van der Waals surface area contributed by atoms with Crippen LogP contribution in [0.5, 0.6) is 5.75 Å². The smallest absolute Gasteiger partial charge is 0.279 e. The highest BCUT2D eigenvalue weighted by molar-refractivity contribution is 5.91. The molecule has 2 aromatic rings. The van der Waals surface area contributed by atoms with E-state index in [0.717, 1.165) is 10.5 Å². The molecule has 2 amide bonds. The van der Waals surface area contributed by atoms with Gasteiger partial charge < -0.3 is 19.9 Å². The average Bonchev–Trinajstić information content (AvgIpc) is 2.69. The molecule has 0 spiro atoms. The van der Waals surface area contributed by atoms with E-state index < -0.39 is 0 Å². The van der Waals surface area contributed by atoms with E-state index in [1.165, 1.54) is 24.3 Å². The Labute approximate surface area is 163 Å². The molecule has 0 radical (unpaired) electrons. The van der Waals surface area contributed by atoms with Crippen molar-refractivity contribution in [1.29, 1.82) is 0 Å². The van der Waals surface area contributed by atoms with Gasteiger partial charge in [0.2, 0.25) is 0 Å². The van der Waals surface area contributed by atoms with Crippen LogP contribution in [0, 0.1) is 12.7 Å². The lowest BCUT2D eigenvalue weighted by molar-refractivity contribution is -0.895. The van der Waals surface area contributed by atoms with Crippen molar-refractivity contribution in [1.82, 2.24) is 4.90 Å². The monoisotopic (exact) mass is 386 g/mol. The average molecular weight is 386 g/mol. The minimum Gasteiger partial charge on any atom is -0.484 e. The molecule has 148 valence electrons. The summed E-state index contributed by atoms with van der Waals surface area (Å²) in [5.41, 5.74) is 1.72. The molecule has 1 aliphatic rings. The Hall–Kier alpha value is -2.93. The zero-order valence-corrected chi connectivity index (χ0v) is 15.9. The summed E-state index contributed by atoms with van der Waals surface area (Å²) in [7, 11) is 0. The Balaban J connectivity index is 1.38. The highest BCUT2D eigenvalue weighted by Gasteiger charge is 2.25. The van der Waals surface area contributed by atoms with Gasteiger partial charge in [0.1, 0.15) is 11.6 Å². The lowest BCUT2D eigenvalue weighted by Crippen LogP contribution is -3.15. The fourth-order valence-corrected chi connectivity index (χ4v) is 3.09. The summed E-state index contributed by atoms with van der Waals surface area (Å²) < 4.78 is 18.5. The molecule has 0 saturated carbocycles. The molecular formula is C21H25FN3O3+. The Bertz CT molecular complexity index is 801. The van der Waals surface area contributed by atoms with Gasteiger partial charge in [-0.3, -0.25) is 9.59 Å². The third-order valence-corrected chi connectivity index (χ3v) is 4.75. The number of hydrogen-bond donors (Lipinski definition) is 2. The molecule has 2 N–H and O–H groups in total. The number of benzene rings is 2. The zero-order valence-electron chi connectivity index (χ0n) is 15.9. The van der Waals surface area contributed by atoms with Crippen LogP contribution in [-0.4, -0.2) is 56.0 Å². The van der Waals surface area contributed by atoms with E-state index in [2.05, 4.69) is 5.32 Å². The third kappa shape index (κ3) is 5.79. The summed E-state index contributed by atoms with van der Waals surface area (Å²) in [6, 6.07) is 13.3. The van der Waals surface area contributed by atoms with E-state index in [1.807, 2.05) is 31.2 Å². The molecule has 0 bridgehead atoms. The molecule has 0 aromatic heterocycles. The van der Waals surface area contributed by atoms with Crippen LogP contribution in [0.1, 0.15) is 5.56 Å². The second-order valence-electron chi connectivity index (χ2n) is 6.96. The minimum absolute atomic E-state index is 0.0173. The highest BCUT2D eigenvalue weighted by Crippen LogP contribution is 2.11. The van der Waals surface area contributed by atoms with Gasteiger partial charge in [0.05, 0.1) is 26.2 Å². The van der Waals surface area contributed by atoms with Gasteiger partial charge in [0.25, 0.3) is 11.8 Å². The predicted molar refractivity (Wildman–Crippen MR) is 104 cm³/mol. The number of halogens is 1. The van der Waals surface area contributed by atoms with E-state index in [9.17, 15) is 14.0 Å². The number of nitrogens with zero attached hydrogens (tertiary/aromatic N) is 1. The quantitative estimate of drug-likeness (QED) is 0.775. The Morgan fingerprint density at radius 1 is 1.07 bits per heavy atom. The summed E-state index contributed by atoms with van der Waals surface area (Å²) in [6.45, 7) is 4.92. The second kappa shape index (κ2) is 9.32. The van der Waals surface area contributed by atoms with Gasteiger partial charge >= 0.3 is 0 Å². The number of rotatable bonds is 6. The van der Waals surface area contributed by atoms with Gasteiger partial charge in [-0.2, -0.15) is 0 Å². The van der Waals surface area contributed by atoms with Gasteiger partial charge in [0, 0.05) is 5.69 Å². The second-order valence-corrected chi connectivity index (χ2v) is 6.96. The molecule has 1 aliphatic heterocycles. The molecule has 2 aromatic carbocycles. The third-order valence-electron chi connectivity index (χ3n) is 4.75. The molecule has 7 heteroatoms. The number of quaternary nitrogens is 1. The van der Waals surface area contributed by atoms with Crippen LogP contribution in [0.25, 0.3) is 0 Å². The fraction of sp³-hybridized carbons (Fsp3) is 0.333. The first kappa shape index (κ1) is 19.8. The fourth-order valence-electron chi connectivity index (χ4n) is 3.09. The van der Waals surface area contributed by atoms with Gasteiger partial charge in [-0.15, -0.1) is 0 Å². The van der Waals surface area contributed by atoms with Crippen LogP contribution >= 0.6 is 0 Å². The van der Waals surface area contributed by atoms with Crippen molar-refractivity contribution in [2.45, 2.75) is 6.92 Å². The number of amides is 2. The number of hydrogen-bond acceptors (Lipinski definition) is 3. The van der Waals surface area contributed by atoms with Crippen molar-refractivity contribution in [3.05, 3.63) is 59.9 Å². The predicted octanol–water partition coefficient (Wildman–Crippen LogP) is 0.879. The van der Waals surface area contributed by atoms with Crippen molar-refractivity contribution in [2.75, 3.05) is 44.6 Å². The molecule has 0 unspecified atom stereocenters. The summed E-state index contributed by atoms with van der Waals surface area (Å²) in [4.78, 5) is 27.3. The molecular weight excluding hydrogens is 361 g/mol. The maximum atomic E-state index is 12.9. The molecule has 1 fully saturated rings. The van der Waals surface area contributed by atoms with Crippen molar-refractivity contribution in [2.24, 2.45) is 0 Å². The topological polar surface area (TPSA) is 63.1 Å². The van der Waals surface area contributed by atoms with Gasteiger partial charge in [-0.05, 0) is 43.3 Å². The van der Waals surface area contributed by atoms with Crippen LogP contribution in [-0.2, 0) is 9.59 Å². The molecule has 1 saturated heterocycles. The first-order chi connectivity index (χ1) is 13.5. The molecule has 6 nitrogen and oxygen atoms in total. The highest BCUT2D eigenvalue weighted by atomic mass is 19.1. The van der Waals surface area contributed by atoms with Crippen LogP contribution in [0.3, 0.4) is 0 Å². The van der Waals surface area contributed by atoms with E-state index in [4.69, 9.17) is 4.74 Å². The molecule has 3 rings (SSSR count). The Morgan fingerprint density at radius 3 is 2.36 bits per heavy atom. The zero-order chi connectivity index (χ0) is 19.9. The van der Waals surface area contributed by atoms with E-state index in [-0.39, 0.29) is 24.2 Å². The van der Waals surface area contributed by atoms with Gasteiger partial charge in [0.15, 0.2) is 13.2 Å².